The molecule has 0 bridgehead atoms. The molecule has 0 aliphatic carbocycles. The molecule has 2 aromatic carbocycles. The summed E-state index contributed by atoms with van der Waals surface area (Å²) in [5.41, 5.74) is 5.16. The summed E-state index contributed by atoms with van der Waals surface area (Å²) in [6, 6.07) is 14.8. The molecule has 0 saturated heterocycles. The summed E-state index contributed by atoms with van der Waals surface area (Å²) in [7, 11) is 0. The first kappa shape index (κ1) is 21.6. The van der Waals surface area contributed by atoms with Gasteiger partial charge in [-0.25, -0.2) is 5.43 Å². The normalized spacial score (nSPS) is 11.0. The van der Waals surface area contributed by atoms with Gasteiger partial charge in [-0.1, -0.05) is 51.8 Å². The number of nitrogens with zero attached hydrogens (tertiary/aromatic N) is 2. The van der Waals surface area contributed by atoms with Gasteiger partial charge in [-0.3, -0.25) is 4.79 Å². The van der Waals surface area contributed by atoms with Gasteiger partial charge in [0.2, 0.25) is 4.80 Å². The van der Waals surface area contributed by atoms with Crippen molar-refractivity contribution in [1.82, 2.24) is 9.99 Å². The molecule has 1 N–H and O–H groups in total. The highest BCUT2D eigenvalue weighted by atomic mass is 79.9. The highest BCUT2D eigenvalue weighted by Crippen LogP contribution is 2.22. The van der Waals surface area contributed by atoms with Crippen LogP contribution in [0.3, 0.4) is 0 Å². The van der Waals surface area contributed by atoms with E-state index in [-0.39, 0.29) is 22.9 Å². The van der Waals surface area contributed by atoms with E-state index in [1.165, 1.54) is 11.3 Å². The Labute approximate surface area is 185 Å². The van der Waals surface area contributed by atoms with E-state index in [0.717, 1.165) is 15.7 Å². The molecule has 0 spiro atoms. The zero-order valence-electron chi connectivity index (χ0n) is 14.0. The van der Waals surface area contributed by atoms with Gasteiger partial charge in [-0.15, -0.1) is 23.0 Å². The maximum Gasteiger partial charge on any atom is 0.271 e. The van der Waals surface area contributed by atoms with Crippen LogP contribution in [0.2, 0.25) is 5.02 Å². The largest absolute Gasteiger partial charge is 1.00 e. The van der Waals surface area contributed by atoms with E-state index >= 15 is 0 Å². The third-order valence-electron chi connectivity index (χ3n) is 3.59. The van der Waals surface area contributed by atoms with Crippen molar-refractivity contribution in [3.05, 3.63) is 86.4 Å². The van der Waals surface area contributed by atoms with Gasteiger partial charge in [0.25, 0.3) is 5.91 Å². The summed E-state index contributed by atoms with van der Waals surface area (Å²) < 4.78 is 2.83. The van der Waals surface area contributed by atoms with Crippen molar-refractivity contribution < 1.29 is 21.8 Å². The number of allylic oxidation sites excluding steroid dienone is 1. The van der Waals surface area contributed by atoms with E-state index in [9.17, 15) is 4.79 Å². The molecule has 4 nitrogen and oxygen atoms in total. The van der Waals surface area contributed by atoms with E-state index in [1.807, 2.05) is 40.3 Å². The minimum Gasteiger partial charge on any atom is -1.00 e. The third kappa shape index (κ3) is 5.42. The molecule has 1 aromatic heterocycles. The Balaban J connectivity index is 0.00000261. The van der Waals surface area contributed by atoms with Crippen LogP contribution in [0.25, 0.3) is 11.3 Å². The van der Waals surface area contributed by atoms with Crippen molar-refractivity contribution in [3.63, 3.8) is 0 Å². The lowest BCUT2D eigenvalue weighted by Crippen LogP contribution is -3.00. The lowest BCUT2D eigenvalue weighted by atomic mass is 10.2. The van der Waals surface area contributed by atoms with Crippen LogP contribution < -0.4 is 27.2 Å². The third-order valence-corrected chi connectivity index (χ3v) is 5.20. The molecular weight excluding hydrogens is 514 g/mol. The van der Waals surface area contributed by atoms with Crippen molar-refractivity contribution in [2.45, 2.75) is 6.54 Å². The molecule has 0 aliphatic heterocycles. The molecule has 140 valence electrons. The number of hydrogen-bond acceptors (Lipinski definition) is 3. The Kier molecular flexibility index (Phi) is 8.04. The molecule has 8 heteroatoms. The van der Waals surface area contributed by atoms with Crippen molar-refractivity contribution >= 4 is 44.8 Å². The first-order valence-corrected chi connectivity index (χ1v) is 9.78. The van der Waals surface area contributed by atoms with Crippen LogP contribution in [0.15, 0.2) is 76.1 Å². The van der Waals surface area contributed by atoms with Gasteiger partial charge in [-0.05, 0) is 35.9 Å². The van der Waals surface area contributed by atoms with Crippen LogP contribution >= 0.6 is 38.9 Å². The topological polar surface area (TPSA) is 46.4 Å². The van der Waals surface area contributed by atoms with Crippen molar-refractivity contribution in [2.75, 3.05) is 0 Å². The summed E-state index contributed by atoms with van der Waals surface area (Å²) in [5, 5.41) is 6.97. The van der Waals surface area contributed by atoms with E-state index in [0.29, 0.717) is 21.9 Å². The van der Waals surface area contributed by atoms with Crippen LogP contribution in [0.1, 0.15) is 10.4 Å². The number of carbonyl (C=O) groups is 1. The van der Waals surface area contributed by atoms with Crippen LogP contribution in [-0.4, -0.2) is 10.5 Å². The molecule has 27 heavy (non-hydrogen) atoms. The monoisotopic (exact) mass is 526 g/mol. The summed E-state index contributed by atoms with van der Waals surface area (Å²) in [4.78, 5) is 13.0. The van der Waals surface area contributed by atoms with Gasteiger partial charge in [0.05, 0.1) is 5.69 Å². The maximum absolute atomic E-state index is 12.3. The van der Waals surface area contributed by atoms with E-state index < -0.39 is 0 Å². The zero-order chi connectivity index (χ0) is 18.5. The quantitative estimate of drug-likeness (QED) is 0.400. The average Bonchev–Trinajstić information content (AvgIpc) is 3.03. The number of rotatable bonds is 5. The smallest absolute Gasteiger partial charge is 0.271 e. The molecule has 0 aliphatic rings. The lowest BCUT2D eigenvalue weighted by molar-refractivity contribution is -0.0000131. The lowest BCUT2D eigenvalue weighted by Gasteiger charge is -2.07. The number of hydrogen-bond donors (Lipinski definition) is 1. The molecule has 0 saturated carbocycles. The fraction of sp³-hybridized carbons (Fsp3) is 0.0526. The number of carbonyl (C=O) groups excluding carboxylic acids is 1. The second-order valence-corrected chi connectivity index (χ2v) is 7.56. The van der Waals surface area contributed by atoms with E-state index in [2.05, 4.69) is 33.0 Å². The molecule has 1 heterocycles. The minimum absolute atomic E-state index is 0. The van der Waals surface area contributed by atoms with Crippen LogP contribution in [0, 0.1) is 0 Å². The van der Waals surface area contributed by atoms with E-state index in [4.69, 9.17) is 11.6 Å². The Morgan fingerprint density at radius 1 is 1.30 bits per heavy atom. The Morgan fingerprint density at radius 2 is 2.04 bits per heavy atom. The van der Waals surface area contributed by atoms with Crippen LogP contribution in [-0.2, 0) is 6.54 Å². The van der Waals surface area contributed by atoms with Gasteiger partial charge in [-0.2, -0.15) is 0 Å². The highest BCUT2D eigenvalue weighted by Gasteiger charge is 2.09. The van der Waals surface area contributed by atoms with Gasteiger partial charge in [0.1, 0.15) is 0 Å². The fourth-order valence-corrected chi connectivity index (χ4v) is 3.77. The molecule has 0 unspecified atom stereocenters. The number of thiazole rings is 1. The first-order chi connectivity index (χ1) is 12.6. The summed E-state index contributed by atoms with van der Waals surface area (Å²) in [5.74, 6) is -0.266. The molecule has 1 amide bonds. The summed E-state index contributed by atoms with van der Waals surface area (Å²) in [6.07, 6.45) is 1.79. The maximum atomic E-state index is 12.3. The van der Waals surface area contributed by atoms with Gasteiger partial charge in [0, 0.05) is 27.0 Å². The number of halogens is 3. The van der Waals surface area contributed by atoms with Crippen LogP contribution in [0.4, 0.5) is 0 Å². The second kappa shape index (κ2) is 10.0. The SMILES string of the molecule is C=CCn1c(-c2ccc(Cl)cc2)cs/c1=N\NC(=O)c1cccc(Br)c1.[Br-]. The van der Waals surface area contributed by atoms with Gasteiger partial charge >= 0.3 is 0 Å². The van der Waals surface area contributed by atoms with E-state index in [1.54, 1.807) is 24.3 Å². The second-order valence-electron chi connectivity index (χ2n) is 5.37. The van der Waals surface area contributed by atoms with Gasteiger partial charge < -0.3 is 21.5 Å². The standard InChI is InChI=1S/C19H15BrClN3OS.BrH/c1-2-10-24-17(13-6-8-16(21)9-7-13)12-26-19(24)23-22-18(25)14-4-3-5-15(20)11-14;/h2-9,11-12H,1,10H2,(H,22,25);1H/p-1/b23-19-;. The highest BCUT2D eigenvalue weighted by molar-refractivity contribution is 9.10. The summed E-state index contributed by atoms with van der Waals surface area (Å²) in [6.45, 7) is 4.38. The Hall–Kier alpha value is -1.67. The number of aromatic nitrogens is 1. The molecular formula is C19H15Br2ClN3OS-. The van der Waals surface area contributed by atoms with Crippen molar-refractivity contribution in [2.24, 2.45) is 5.10 Å². The molecule has 0 radical (unpaired) electrons. The van der Waals surface area contributed by atoms with Crippen molar-refractivity contribution in [3.8, 4) is 11.3 Å². The molecule has 0 atom stereocenters. The zero-order valence-corrected chi connectivity index (χ0v) is 18.8. The van der Waals surface area contributed by atoms with Gasteiger partial charge in [0.15, 0.2) is 0 Å². The average molecular weight is 529 g/mol. The van der Waals surface area contributed by atoms with Crippen LogP contribution in [0.5, 0.6) is 0 Å². The van der Waals surface area contributed by atoms with Crippen molar-refractivity contribution in [1.29, 1.82) is 0 Å². The minimum atomic E-state index is -0.266. The molecule has 0 fully saturated rings. The predicted molar refractivity (Wildman–Crippen MR) is 110 cm³/mol. The first-order valence-electron chi connectivity index (χ1n) is 7.73. The predicted octanol–water partition coefficient (Wildman–Crippen LogP) is 2.07. The Bertz CT molecular complexity index is 1010. The number of benzene rings is 2. The molecule has 3 aromatic rings. The summed E-state index contributed by atoms with van der Waals surface area (Å²) >= 11 is 10.8. The number of amides is 1. The Morgan fingerprint density at radius 3 is 2.70 bits per heavy atom. The molecule has 3 rings (SSSR count). The number of nitrogens with one attached hydrogen (secondary N) is 1. The fourth-order valence-electron chi connectivity index (χ4n) is 2.37.